The number of hydrogen-bond acceptors (Lipinski definition) is 4. The highest BCUT2D eigenvalue weighted by atomic mass is 16.4. The summed E-state index contributed by atoms with van der Waals surface area (Å²) in [4.78, 5) is 6.62. The Morgan fingerprint density at radius 1 is 1.14 bits per heavy atom. The third-order valence-corrected chi connectivity index (χ3v) is 2.33. The number of hydrogen-bond donors (Lipinski definition) is 1. The molecule has 0 fully saturated rings. The average Bonchev–Trinajstić information content (AvgIpc) is 2.22. The number of likely N-dealkylation sites (N-methyl/N-ethyl adjacent to an activating group) is 1. The third kappa shape index (κ3) is 4.97. The van der Waals surface area contributed by atoms with Crippen molar-refractivity contribution in [3.8, 4) is 0 Å². The molecule has 0 radical (unpaired) electrons. The van der Waals surface area contributed by atoms with Gasteiger partial charge in [0, 0.05) is 6.54 Å². The van der Waals surface area contributed by atoms with Crippen molar-refractivity contribution < 1.29 is 5.21 Å². The van der Waals surface area contributed by atoms with E-state index in [9.17, 15) is 0 Å². The molecular weight excluding hydrogens is 178 g/mol. The number of aliphatic imine (C=N–C) groups is 1. The van der Waals surface area contributed by atoms with Crippen LogP contribution in [0, 0.1) is 0 Å². The zero-order valence-electron chi connectivity index (χ0n) is 9.62. The molecule has 0 bridgehead atoms. The van der Waals surface area contributed by atoms with Gasteiger partial charge in [0.25, 0.3) is 0 Å². The summed E-state index contributed by atoms with van der Waals surface area (Å²) >= 11 is 0. The highest BCUT2D eigenvalue weighted by Gasteiger charge is 1.99. The molecule has 0 amide bonds. The zero-order chi connectivity index (χ0) is 11.0. The van der Waals surface area contributed by atoms with E-state index in [2.05, 4.69) is 28.9 Å². The minimum Gasteiger partial charge on any atom is -0.411 e. The average molecular weight is 199 g/mol. The second-order valence-corrected chi connectivity index (χ2v) is 3.18. The van der Waals surface area contributed by atoms with E-state index in [4.69, 9.17) is 5.21 Å². The molecule has 0 heterocycles. The molecule has 0 spiro atoms. The molecule has 0 saturated heterocycles. The highest BCUT2D eigenvalue weighted by molar-refractivity contribution is 6.40. The maximum Gasteiger partial charge on any atom is 0.0971 e. The van der Waals surface area contributed by atoms with Crippen molar-refractivity contribution in [3.05, 3.63) is 0 Å². The van der Waals surface area contributed by atoms with Gasteiger partial charge in [-0.2, -0.15) is 0 Å². The van der Waals surface area contributed by atoms with Gasteiger partial charge in [0.1, 0.15) is 0 Å². The first-order chi connectivity index (χ1) is 6.65. The Morgan fingerprint density at radius 3 is 2.14 bits per heavy atom. The second-order valence-electron chi connectivity index (χ2n) is 3.18. The first-order valence-corrected chi connectivity index (χ1v) is 5.08. The Morgan fingerprint density at radius 2 is 1.71 bits per heavy atom. The minimum absolute atomic E-state index is 0.588. The van der Waals surface area contributed by atoms with Gasteiger partial charge in [-0.15, -0.1) is 0 Å². The molecule has 0 aliphatic rings. The summed E-state index contributed by atoms with van der Waals surface area (Å²) < 4.78 is 0. The van der Waals surface area contributed by atoms with Crippen LogP contribution in [0.5, 0.6) is 0 Å². The lowest BCUT2D eigenvalue weighted by Gasteiger charge is -2.16. The molecule has 0 aliphatic carbocycles. The Kier molecular flexibility index (Phi) is 7.02. The van der Waals surface area contributed by atoms with Crippen molar-refractivity contribution >= 4 is 11.4 Å². The molecule has 0 unspecified atom stereocenters. The summed E-state index contributed by atoms with van der Waals surface area (Å²) in [6.45, 7) is 11.7. The lowest BCUT2D eigenvalue weighted by atomic mass is 10.3. The van der Waals surface area contributed by atoms with Crippen LogP contribution in [0.25, 0.3) is 0 Å². The van der Waals surface area contributed by atoms with E-state index in [0.29, 0.717) is 5.71 Å². The van der Waals surface area contributed by atoms with Gasteiger partial charge >= 0.3 is 0 Å². The van der Waals surface area contributed by atoms with Crippen LogP contribution < -0.4 is 0 Å². The van der Waals surface area contributed by atoms with Gasteiger partial charge in [-0.05, 0) is 26.9 Å². The third-order valence-electron chi connectivity index (χ3n) is 2.33. The molecule has 0 aromatic heterocycles. The van der Waals surface area contributed by atoms with E-state index in [1.165, 1.54) is 0 Å². The van der Waals surface area contributed by atoms with E-state index in [0.717, 1.165) is 31.9 Å². The number of rotatable bonds is 6. The molecule has 0 rings (SSSR count). The first kappa shape index (κ1) is 13.1. The van der Waals surface area contributed by atoms with Gasteiger partial charge in [-0.1, -0.05) is 19.0 Å². The van der Waals surface area contributed by atoms with E-state index >= 15 is 0 Å². The predicted octanol–water partition coefficient (Wildman–Crippen LogP) is 1.64. The topological polar surface area (TPSA) is 48.2 Å². The first-order valence-electron chi connectivity index (χ1n) is 5.08. The molecule has 0 atom stereocenters. The van der Waals surface area contributed by atoms with Crippen LogP contribution in [0.15, 0.2) is 10.1 Å². The zero-order valence-corrected chi connectivity index (χ0v) is 9.62. The monoisotopic (exact) mass is 199 g/mol. The number of oxime groups is 1. The molecular formula is C10H21N3O. The molecule has 1 N–H and O–H groups in total. The predicted molar refractivity (Wildman–Crippen MR) is 60.7 cm³/mol. The van der Waals surface area contributed by atoms with Gasteiger partial charge in [-0.25, -0.2) is 0 Å². The van der Waals surface area contributed by atoms with E-state index < -0.39 is 0 Å². The number of nitrogens with zero attached hydrogens (tertiary/aromatic N) is 3. The van der Waals surface area contributed by atoms with Crippen LogP contribution in [0.4, 0.5) is 0 Å². The van der Waals surface area contributed by atoms with Gasteiger partial charge in [0.05, 0.1) is 18.0 Å². The Labute approximate surface area is 86.3 Å². The SMILES string of the molecule is CCN(CC)CCN=C(C)C(C)=NO. The summed E-state index contributed by atoms with van der Waals surface area (Å²) in [6, 6.07) is 0. The fraction of sp³-hybridized carbons (Fsp3) is 0.800. The van der Waals surface area contributed by atoms with Crippen molar-refractivity contribution in [3.63, 3.8) is 0 Å². The molecule has 4 heteroatoms. The fourth-order valence-corrected chi connectivity index (χ4v) is 1.09. The van der Waals surface area contributed by atoms with Crippen LogP contribution in [-0.2, 0) is 0 Å². The Bertz CT molecular complexity index is 207. The fourth-order valence-electron chi connectivity index (χ4n) is 1.09. The van der Waals surface area contributed by atoms with Crippen molar-refractivity contribution in [2.24, 2.45) is 10.1 Å². The maximum atomic E-state index is 8.50. The molecule has 0 aliphatic heterocycles. The molecule has 4 nitrogen and oxygen atoms in total. The summed E-state index contributed by atoms with van der Waals surface area (Å²) in [5, 5.41) is 11.6. The molecule has 14 heavy (non-hydrogen) atoms. The van der Waals surface area contributed by atoms with E-state index in [1.807, 2.05) is 6.92 Å². The smallest absolute Gasteiger partial charge is 0.0971 e. The van der Waals surface area contributed by atoms with E-state index in [-0.39, 0.29) is 0 Å². The normalized spacial score (nSPS) is 13.8. The quantitative estimate of drug-likeness (QED) is 0.401. The van der Waals surface area contributed by atoms with E-state index in [1.54, 1.807) is 6.92 Å². The lowest BCUT2D eigenvalue weighted by Crippen LogP contribution is -2.26. The Hall–Kier alpha value is -0.900. The summed E-state index contributed by atoms with van der Waals surface area (Å²) in [6.07, 6.45) is 0. The molecule has 0 aromatic rings. The maximum absolute atomic E-state index is 8.50. The van der Waals surface area contributed by atoms with Gasteiger partial charge in [0.15, 0.2) is 0 Å². The van der Waals surface area contributed by atoms with Gasteiger partial charge in [-0.3, -0.25) is 4.99 Å². The Balaban J connectivity index is 3.92. The largest absolute Gasteiger partial charge is 0.411 e. The standard InChI is InChI=1S/C10H21N3O/c1-5-13(6-2)8-7-11-9(3)10(4)12-14/h14H,5-8H2,1-4H3. The van der Waals surface area contributed by atoms with Crippen LogP contribution in [-0.4, -0.2) is 47.7 Å². The molecule has 0 saturated carbocycles. The van der Waals surface area contributed by atoms with Gasteiger partial charge < -0.3 is 10.1 Å². The van der Waals surface area contributed by atoms with Crippen molar-refractivity contribution in [1.82, 2.24) is 4.90 Å². The van der Waals surface area contributed by atoms with Crippen LogP contribution in [0.1, 0.15) is 27.7 Å². The van der Waals surface area contributed by atoms with Crippen molar-refractivity contribution in [1.29, 1.82) is 0 Å². The van der Waals surface area contributed by atoms with Crippen LogP contribution in [0.2, 0.25) is 0 Å². The summed E-state index contributed by atoms with van der Waals surface area (Å²) in [5.74, 6) is 0. The lowest BCUT2D eigenvalue weighted by molar-refractivity contribution is 0.313. The summed E-state index contributed by atoms with van der Waals surface area (Å²) in [7, 11) is 0. The van der Waals surface area contributed by atoms with Crippen LogP contribution in [0.3, 0.4) is 0 Å². The summed E-state index contributed by atoms with van der Waals surface area (Å²) in [5.41, 5.74) is 1.39. The molecule has 82 valence electrons. The molecule has 0 aromatic carbocycles. The van der Waals surface area contributed by atoms with Gasteiger partial charge in [0.2, 0.25) is 0 Å². The highest BCUT2D eigenvalue weighted by Crippen LogP contribution is 1.89. The minimum atomic E-state index is 0.588. The van der Waals surface area contributed by atoms with Crippen molar-refractivity contribution in [2.45, 2.75) is 27.7 Å². The van der Waals surface area contributed by atoms with Crippen molar-refractivity contribution in [2.75, 3.05) is 26.2 Å². The second kappa shape index (κ2) is 7.50. The van der Waals surface area contributed by atoms with Crippen LogP contribution >= 0.6 is 0 Å².